The molecule has 0 fully saturated rings. The number of anilines is 1. The molecule has 0 aliphatic heterocycles. The Bertz CT molecular complexity index is 726. The van der Waals surface area contributed by atoms with Crippen LogP contribution < -0.4 is 14.8 Å². The van der Waals surface area contributed by atoms with Gasteiger partial charge in [-0.2, -0.15) is 0 Å². The number of hydrogen-bond donors (Lipinski definition) is 1. The molecule has 1 amide bonds. The summed E-state index contributed by atoms with van der Waals surface area (Å²) in [5, 5.41) is 2.70. The van der Waals surface area contributed by atoms with E-state index in [1.807, 2.05) is 49.4 Å². The highest BCUT2D eigenvalue weighted by atomic mass is 16.5. The minimum atomic E-state index is -0.536. The molecule has 0 atom stereocenters. The number of amides is 1. The Kier molecular flexibility index (Phi) is 6.89. The Morgan fingerprint density at radius 2 is 1.88 bits per heavy atom. The van der Waals surface area contributed by atoms with Crippen molar-refractivity contribution in [1.82, 2.24) is 0 Å². The van der Waals surface area contributed by atoms with Crippen LogP contribution in [0.3, 0.4) is 0 Å². The first-order valence-electron chi connectivity index (χ1n) is 8.08. The summed E-state index contributed by atoms with van der Waals surface area (Å²) < 4.78 is 16.1. The van der Waals surface area contributed by atoms with E-state index in [9.17, 15) is 4.79 Å². The first kappa shape index (κ1) is 18.4. The minimum Gasteiger partial charge on any atom is -0.492 e. The van der Waals surface area contributed by atoms with Crippen molar-refractivity contribution in [1.29, 1.82) is 0 Å². The van der Waals surface area contributed by atoms with Gasteiger partial charge in [0.25, 0.3) is 0 Å². The Morgan fingerprint density at radius 3 is 2.52 bits per heavy atom. The molecule has 0 heterocycles. The van der Waals surface area contributed by atoms with Crippen molar-refractivity contribution in [2.24, 2.45) is 0 Å². The third-order valence-electron chi connectivity index (χ3n) is 3.54. The van der Waals surface area contributed by atoms with Crippen LogP contribution in [0.15, 0.2) is 48.5 Å². The van der Waals surface area contributed by atoms with Crippen LogP contribution >= 0.6 is 0 Å². The standard InChI is InChI=1S/C20H23NO4/c1-4-5-11-16-17(21-20(22)24-3)12-13-18(19(16)23-2)25-14-15-9-7-6-8-10-15/h5-13H,4,14H2,1-3H3,(H,21,22). The van der Waals surface area contributed by atoms with E-state index in [4.69, 9.17) is 9.47 Å². The molecule has 0 saturated heterocycles. The van der Waals surface area contributed by atoms with Gasteiger partial charge in [0.05, 0.1) is 19.9 Å². The summed E-state index contributed by atoms with van der Waals surface area (Å²) >= 11 is 0. The molecule has 0 spiro atoms. The van der Waals surface area contributed by atoms with Crippen LogP contribution in [0.4, 0.5) is 10.5 Å². The molecule has 5 heteroatoms. The van der Waals surface area contributed by atoms with Crippen molar-refractivity contribution in [2.75, 3.05) is 19.5 Å². The van der Waals surface area contributed by atoms with Gasteiger partial charge in [-0.15, -0.1) is 0 Å². The first-order chi connectivity index (χ1) is 12.2. The van der Waals surface area contributed by atoms with E-state index in [0.717, 1.165) is 17.5 Å². The molecule has 132 valence electrons. The summed E-state index contributed by atoms with van der Waals surface area (Å²) in [7, 11) is 2.90. The lowest BCUT2D eigenvalue weighted by Crippen LogP contribution is -2.12. The Morgan fingerprint density at radius 1 is 1.12 bits per heavy atom. The molecule has 0 bridgehead atoms. The van der Waals surface area contributed by atoms with Crippen molar-refractivity contribution in [2.45, 2.75) is 20.0 Å². The van der Waals surface area contributed by atoms with Gasteiger partial charge in [0.2, 0.25) is 0 Å². The SMILES string of the molecule is CCC=Cc1c(NC(=O)OC)ccc(OCc2ccccc2)c1OC. The highest BCUT2D eigenvalue weighted by Crippen LogP contribution is 2.38. The highest BCUT2D eigenvalue weighted by Gasteiger charge is 2.15. The zero-order valence-corrected chi connectivity index (χ0v) is 14.7. The van der Waals surface area contributed by atoms with Crippen LogP contribution in [0.2, 0.25) is 0 Å². The molecular weight excluding hydrogens is 318 g/mol. The number of hydrogen-bond acceptors (Lipinski definition) is 4. The fourth-order valence-electron chi connectivity index (χ4n) is 2.31. The fourth-order valence-corrected chi connectivity index (χ4v) is 2.31. The van der Waals surface area contributed by atoms with Crippen LogP contribution in [0.5, 0.6) is 11.5 Å². The summed E-state index contributed by atoms with van der Waals surface area (Å²) in [6.45, 7) is 2.46. The average molecular weight is 341 g/mol. The van der Waals surface area contributed by atoms with Crippen molar-refractivity contribution in [3.63, 3.8) is 0 Å². The maximum atomic E-state index is 11.6. The van der Waals surface area contributed by atoms with Gasteiger partial charge in [-0.25, -0.2) is 4.79 Å². The number of benzene rings is 2. The van der Waals surface area contributed by atoms with Crippen LogP contribution in [-0.4, -0.2) is 20.3 Å². The normalized spacial score (nSPS) is 10.5. The molecule has 0 saturated carbocycles. The van der Waals surface area contributed by atoms with Gasteiger partial charge in [-0.1, -0.05) is 49.4 Å². The van der Waals surface area contributed by atoms with Crippen LogP contribution in [0.25, 0.3) is 6.08 Å². The lowest BCUT2D eigenvalue weighted by atomic mass is 10.1. The Balaban J connectivity index is 2.33. The smallest absolute Gasteiger partial charge is 0.411 e. The number of methoxy groups -OCH3 is 2. The molecule has 2 aromatic carbocycles. The van der Waals surface area contributed by atoms with Crippen molar-refractivity contribution >= 4 is 17.9 Å². The average Bonchev–Trinajstić information content (AvgIpc) is 2.66. The highest BCUT2D eigenvalue weighted by molar-refractivity contribution is 5.89. The second kappa shape index (κ2) is 9.37. The number of rotatable bonds is 7. The van der Waals surface area contributed by atoms with Crippen molar-refractivity contribution < 1.29 is 19.0 Å². The zero-order chi connectivity index (χ0) is 18.1. The van der Waals surface area contributed by atoms with Gasteiger partial charge < -0.3 is 14.2 Å². The van der Waals surface area contributed by atoms with Gasteiger partial charge in [0.15, 0.2) is 11.5 Å². The predicted molar refractivity (Wildman–Crippen MR) is 99.1 cm³/mol. The van der Waals surface area contributed by atoms with Crippen LogP contribution in [-0.2, 0) is 11.3 Å². The molecule has 0 radical (unpaired) electrons. The molecule has 0 aliphatic carbocycles. The van der Waals surface area contributed by atoms with Crippen LogP contribution in [0.1, 0.15) is 24.5 Å². The minimum absolute atomic E-state index is 0.428. The molecule has 0 aromatic heterocycles. The maximum absolute atomic E-state index is 11.6. The topological polar surface area (TPSA) is 56.8 Å². The second-order valence-corrected chi connectivity index (χ2v) is 5.26. The summed E-state index contributed by atoms with van der Waals surface area (Å²) in [6, 6.07) is 13.4. The number of carbonyl (C=O) groups is 1. The number of allylic oxidation sites excluding steroid dienone is 1. The van der Waals surface area contributed by atoms with Gasteiger partial charge in [0, 0.05) is 5.56 Å². The fraction of sp³-hybridized carbons (Fsp3) is 0.250. The summed E-state index contributed by atoms with van der Waals surface area (Å²) in [5.74, 6) is 1.17. The molecular formula is C20H23NO4. The van der Waals surface area contributed by atoms with Crippen LogP contribution in [0, 0.1) is 0 Å². The van der Waals surface area contributed by atoms with E-state index in [1.165, 1.54) is 7.11 Å². The van der Waals surface area contributed by atoms with Gasteiger partial charge in [0.1, 0.15) is 6.61 Å². The van der Waals surface area contributed by atoms with Gasteiger partial charge in [-0.05, 0) is 24.1 Å². The van der Waals surface area contributed by atoms with Gasteiger partial charge >= 0.3 is 6.09 Å². The number of nitrogens with one attached hydrogen (secondary N) is 1. The third-order valence-corrected chi connectivity index (χ3v) is 3.54. The molecule has 0 unspecified atom stereocenters. The van der Waals surface area contributed by atoms with E-state index in [0.29, 0.717) is 23.8 Å². The Labute approximate surface area is 148 Å². The van der Waals surface area contributed by atoms with Crippen molar-refractivity contribution in [3.8, 4) is 11.5 Å². The van der Waals surface area contributed by atoms with E-state index in [1.54, 1.807) is 19.2 Å². The number of carbonyl (C=O) groups excluding carboxylic acids is 1. The van der Waals surface area contributed by atoms with Gasteiger partial charge in [-0.3, -0.25) is 5.32 Å². The second-order valence-electron chi connectivity index (χ2n) is 5.26. The van der Waals surface area contributed by atoms with E-state index in [2.05, 4.69) is 10.1 Å². The summed E-state index contributed by atoms with van der Waals surface area (Å²) in [4.78, 5) is 11.6. The first-order valence-corrected chi connectivity index (χ1v) is 8.08. The largest absolute Gasteiger partial charge is 0.492 e. The van der Waals surface area contributed by atoms with E-state index in [-0.39, 0.29) is 0 Å². The summed E-state index contributed by atoms with van der Waals surface area (Å²) in [5.41, 5.74) is 2.40. The quantitative estimate of drug-likeness (QED) is 0.780. The summed E-state index contributed by atoms with van der Waals surface area (Å²) in [6.07, 6.45) is 4.21. The number of ether oxygens (including phenoxy) is 3. The monoisotopic (exact) mass is 341 g/mol. The molecule has 2 rings (SSSR count). The van der Waals surface area contributed by atoms with E-state index >= 15 is 0 Å². The van der Waals surface area contributed by atoms with Crippen molar-refractivity contribution in [3.05, 3.63) is 59.7 Å². The molecule has 5 nitrogen and oxygen atoms in total. The maximum Gasteiger partial charge on any atom is 0.411 e. The Hall–Kier alpha value is -2.95. The van der Waals surface area contributed by atoms with E-state index < -0.39 is 6.09 Å². The molecule has 25 heavy (non-hydrogen) atoms. The molecule has 1 N–H and O–H groups in total. The molecule has 2 aromatic rings. The lowest BCUT2D eigenvalue weighted by molar-refractivity contribution is 0.187. The molecule has 0 aliphatic rings. The lowest BCUT2D eigenvalue weighted by Gasteiger charge is -2.16. The third kappa shape index (κ3) is 5.01. The predicted octanol–water partition coefficient (Wildman–Crippen LogP) is 4.88. The zero-order valence-electron chi connectivity index (χ0n) is 14.7.